The Morgan fingerprint density at radius 1 is 1.07 bits per heavy atom. The molecule has 1 fully saturated rings. The molecule has 2 heterocycles. The molecule has 1 unspecified atom stereocenters. The summed E-state index contributed by atoms with van der Waals surface area (Å²) in [5, 5.41) is 0. The molecule has 1 atom stereocenters. The van der Waals surface area contributed by atoms with Crippen LogP contribution in [0.4, 0.5) is 4.39 Å². The molecule has 2 aliphatic rings. The summed E-state index contributed by atoms with van der Waals surface area (Å²) in [6, 6.07) is 15.8. The Kier molecular flexibility index (Phi) is 7.34. The third kappa shape index (κ3) is 5.19. The molecule has 0 aromatic heterocycles. The van der Waals surface area contributed by atoms with Gasteiger partial charge in [-0.3, -0.25) is 4.90 Å². The molecule has 2 aromatic rings. The summed E-state index contributed by atoms with van der Waals surface area (Å²) in [5.41, 5.74) is 4.13. The van der Waals surface area contributed by atoms with Gasteiger partial charge in [0.15, 0.2) is 0 Å². The molecule has 3 nitrogen and oxygen atoms in total. The van der Waals surface area contributed by atoms with Crippen molar-refractivity contribution in [1.29, 1.82) is 0 Å². The summed E-state index contributed by atoms with van der Waals surface area (Å²) in [4.78, 5) is 6.09. The zero-order chi connectivity index (χ0) is 20.9. The fourth-order valence-electron chi connectivity index (χ4n) is 4.63. The van der Waals surface area contributed by atoms with Crippen LogP contribution in [0.2, 0.25) is 0 Å². The zero-order valence-corrected chi connectivity index (χ0v) is 19.0. The standard InChI is InChI=1S/C25H33FN2OS/c1-27-14-10-19-4-7-22(29-17-3-13-28-15-11-21(26)12-16-28)18-24(19)25(27)20-5-8-23(30-2)9-6-20/h4-9,18,21,25H,3,10-17H2,1-2H3. The topological polar surface area (TPSA) is 15.7 Å². The van der Waals surface area contributed by atoms with Crippen LogP contribution in [0.1, 0.15) is 42.0 Å². The van der Waals surface area contributed by atoms with Crippen molar-refractivity contribution in [2.75, 3.05) is 46.1 Å². The van der Waals surface area contributed by atoms with Crippen LogP contribution in [-0.4, -0.2) is 62.1 Å². The van der Waals surface area contributed by atoms with Gasteiger partial charge in [-0.25, -0.2) is 4.39 Å². The van der Waals surface area contributed by atoms with E-state index in [1.54, 1.807) is 11.8 Å². The SMILES string of the molecule is CSc1ccc(C2c3cc(OCCCN4CCC(F)CC4)ccc3CCN2C)cc1. The van der Waals surface area contributed by atoms with Crippen molar-refractivity contribution < 1.29 is 9.13 Å². The highest BCUT2D eigenvalue weighted by Crippen LogP contribution is 2.36. The Hall–Kier alpha value is -1.56. The normalized spacial score (nSPS) is 20.8. The highest BCUT2D eigenvalue weighted by Gasteiger charge is 2.26. The largest absolute Gasteiger partial charge is 0.494 e. The molecule has 0 amide bonds. The number of fused-ring (bicyclic) bond motifs is 1. The summed E-state index contributed by atoms with van der Waals surface area (Å²) >= 11 is 1.78. The highest BCUT2D eigenvalue weighted by atomic mass is 32.2. The number of nitrogens with zero attached hydrogens (tertiary/aromatic N) is 2. The Balaban J connectivity index is 1.40. The molecule has 0 N–H and O–H groups in total. The highest BCUT2D eigenvalue weighted by molar-refractivity contribution is 7.98. The molecule has 162 valence electrons. The third-order valence-electron chi connectivity index (χ3n) is 6.42. The molecule has 2 aromatic carbocycles. The van der Waals surface area contributed by atoms with Crippen LogP contribution in [0.3, 0.4) is 0 Å². The van der Waals surface area contributed by atoms with E-state index in [2.05, 4.69) is 65.6 Å². The molecule has 5 heteroatoms. The first-order valence-electron chi connectivity index (χ1n) is 11.1. The minimum atomic E-state index is -0.601. The molecule has 2 aliphatic heterocycles. The van der Waals surface area contributed by atoms with Crippen LogP contribution in [0.25, 0.3) is 0 Å². The van der Waals surface area contributed by atoms with Gasteiger partial charge in [0, 0.05) is 31.1 Å². The van der Waals surface area contributed by atoms with Gasteiger partial charge in [-0.15, -0.1) is 11.8 Å². The number of ether oxygens (including phenoxy) is 1. The number of alkyl halides is 1. The van der Waals surface area contributed by atoms with Gasteiger partial charge >= 0.3 is 0 Å². The van der Waals surface area contributed by atoms with E-state index in [1.165, 1.54) is 21.6 Å². The first-order valence-corrected chi connectivity index (χ1v) is 12.3. The van der Waals surface area contributed by atoms with Gasteiger partial charge in [0.2, 0.25) is 0 Å². The predicted molar refractivity (Wildman–Crippen MR) is 124 cm³/mol. The van der Waals surface area contributed by atoms with Crippen molar-refractivity contribution in [3.8, 4) is 5.75 Å². The van der Waals surface area contributed by atoms with E-state index in [1.807, 2.05) is 0 Å². The number of benzene rings is 2. The first kappa shape index (κ1) is 21.7. The minimum absolute atomic E-state index is 0.273. The van der Waals surface area contributed by atoms with E-state index in [0.717, 1.165) is 44.8 Å². The summed E-state index contributed by atoms with van der Waals surface area (Å²) in [5.74, 6) is 0.956. The maximum atomic E-state index is 13.3. The average Bonchev–Trinajstić information content (AvgIpc) is 2.78. The van der Waals surface area contributed by atoms with Gasteiger partial charge in [0.05, 0.1) is 12.6 Å². The number of likely N-dealkylation sites (tertiary alicyclic amines) is 1. The van der Waals surface area contributed by atoms with Crippen molar-refractivity contribution >= 4 is 11.8 Å². The molecule has 0 spiro atoms. The molecular weight excluding hydrogens is 395 g/mol. The Labute approximate surface area is 184 Å². The molecule has 0 aliphatic carbocycles. The van der Waals surface area contributed by atoms with E-state index < -0.39 is 6.17 Å². The number of hydrogen-bond acceptors (Lipinski definition) is 4. The Bertz CT molecular complexity index is 820. The number of piperidine rings is 1. The number of hydrogen-bond donors (Lipinski definition) is 0. The number of rotatable bonds is 7. The van der Waals surface area contributed by atoms with Crippen molar-refractivity contribution in [2.45, 2.75) is 42.8 Å². The van der Waals surface area contributed by atoms with Crippen molar-refractivity contribution in [3.05, 3.63) is 59.2 Å². The van der Waals surface area contributed by atoms with E-state index in [-0.39, 0.29) is 6.04 Å². The Morgan fingerprint density at radius 2 is 1.83 bits per heavy atom. The quantitative estimate of drug-likeness (QED) is 0.445. The van der Waals surface area contributed by atoms with E-state index in [4.69, 9.17) is 4.74 Å². The lowest BCUT2D eigenvalue weighted by Crippen LogP contribution is -2.35. The van der Waals surface area contributed by atoms with Gasteiger partial charge in [-0.2, -0.15) is 0 Å². The first-order chi connectivity index (χ1) is 14.6. The summed E-state index contributed by atoms with van der Waals surface area (Å²) in [7, 11) is 2.21. The number of thioether (sulfide) groups is 1. The van der Waals surface area contributed by atoms with Crippen molar-refractivity contribution in [2.24, 2.45) is 0 Å². The Morgan fingerprint density at radius 3 is 2.57 bits per heavy atom. The second-order valence-corrected chi connectivity index (χ2v) is 9.36. The molecule has 4 rings (SSSR count). The third-order valence-corrected chi connectivity index (χ3v) is 7.17. The molecular formula is C25H33FN2OS. The number of likely N-dealkylation sites (N-methyl/N-ethyl adjacent to an activating group) is 1. The smallest absolute Gasteiger partial charge is 0.119 e. The van der Waals surface area contributed by atoms with Crippen molar-refractivity contribution in [3.63, 3.8) is 0 Å². The van der Waals surface area contributed by atoms with Gasteiger partial charge in [-0.1, -0.05) is 18.2 Å². The van der Waals surface area contributed by atoms with Gasteiger partial charge in [0.25, 0.3) is 0 Å². The predicted octanol–water partition coefficient (Wildman–Crippen LogP) is 5.19. The number of halogens is 1. The summed E-state index contributed by atoms with van der Waals surface area (Å²) in [6.45, 7) is 4.52. The second kappa shape index (κ2) is 10.2. The van der Waals surface area contributed by atoms with Crippen LogP contribution >= 0.6 is 11.8 Å². The van der Waals surface area contributed by atoms with Gasteiger partial charge < -0.3 is 9.64 Å². The lowest BCUT2D eigenvalue weighted by atomic mass is 9.88. The average molecular weight is 429 g/mol. The molecule has 0 saturated carbocycles. The monoisotopic (exact) mass is 428 g/mol. The molecule has 0 radical (unpaired) electrons. The summed E-state index contributed by atoms with van der Waals surface area (Å²) in [6.07, 6.45) is 4.93. The van der Waals surface area contributed by atoms with Crippen molar-refractivity contribution in [1.82, 2.24) is 9.80 Å². The fraction of sp³-hybridized carbons (Fsp3) is 0.520. The van der Waals surface area contributed by atoms with E-state index in [0.29, 0.717) is 19.4 Å². The van der Waals surface area contributed by atoms with E-state index >= 15 is 0 Å². The summed E-state index contributed by atoms with van der Waals surface area (Å²) < 4.78 is 19.4. The van der Waals surface area contributed by atoms with Crippen LogP contribution in [0, 0.1) is 0 Å². The lowest BCUT2D eigenvalue weighted by Gasteiger charge is -2.35. The van der Waals surface area contributed by atoms with Crippen LogP contribution in [-0.2, 0) is 6.42 Å². The van der Waals surface area contributed by atoms with Gasteiger partial charge in [-0.05, 0) is 79.9 Å². The van der Waals surface area contributed by atoms with Crippen LogP contribution in [0.5, 0.6) is 5.75 Å². The van der Waals surface area contributed by atoms with E-state index in [9.17, 15) is 4.39 Å². The molecule has 0 bridgehead atoms. The molecule has 30 heavy (non-hydrogen) atoms. The van der Waals surface area contributed by atoms with Crippen LogP contribution in [0.15, 0.2) is 47.4 Å². The van der Waals surface area contributed by atoms with Crippen LogP contribution < -0.4 is 4.74 Å². The maximum absolute atomic E-state index is 13.3. The molecule has 1 saturated heterocycles. The van der Waals surface area contributed by atoms with Gasteiger partial charge in [0.1, 0.15) is 11.9 Å². The fourth-order valence-corrected chi connectivity index (χ4v) is 5.04. The minimum Gasteiger partial charge on any atom is -0.494 e. The maximum Gasteiger partial charge on any atom is 0.119 e. The lowest BCUT2D eigenvalue weighted by molar-refractivity contribution is 0.143. The second-order valence-electron chi connectivity index (χ2n) is 8.49. The zero-order valence-electron chi connectivity index (χ0n) is 18.1.